The Morgan fingerprint density at radius 3 is 0.905 bits per heavy atom. The SMILES string of the molecule is CC12C3C4C5C6C7C8CC9CC%10C%11C%12C%13C(C%14C%15C%16C%17C%18C%19CC%20CC%21C%22C%23C%24C%25C3C%141C%25%15C%24%16C%23%17C%22%18C%20%21%19)C42C5%13C6%12C7%11C98%10. The summed E-state index contributed by atoms with van der Waals surface area (Å²) in [5.41, 5.74) is 12.6. The highest BCUT2D eigenvalue weighted by Gasteiger charge is 3.36. The molecule has 0 aromatic heterocycles. The van der Waals surface area contributed by atoms with Crippen LogP contribution in [0.25, 0.3) is 0 Å². The normalized spacial score (nSPS) is 122. The Bertz CT molecular complexity index is 2190. The van der Waals surface area contributed by atoms with E-state index in [9.17, 15) is 0 Å². The van der Waals surface area contributed by atoms with Gasteiger partial charge in [0.1, 0.15) is 0 Å². The van der Waals surface area contributed by atoms with Crippen LogP contribution in [0.15, 0.2) is 0 Å². The second-order valence-corrected chi connectivity index (χ2v) is 25.6. The molecule has 0 aromatic carbocycles. The minimum absolute atomic E-state index is 0.935. The van der Waals surface area contributed by atoms with E-state index in [-0.39, 0.29) is 0 Å². The molecule has 0 heterocycles. The van der Waals surface area contributed by atoms with Gasteiger partial charge < -0.3 is 0 Å². The van der Waals surface area contributed by atoms with E-state index in [1.165, 1.54) is 148 Å². The molecule has 25 aliphatic carbocycles. The zero-order valence-corrected chi connectivity index (χ0v) is 24.3. The van der Waals surface area contributed by atoms with Gasteiger partial charge in [-0.15, -0.1) is 0 Å². The summed E-state index contributed by atoms with van der Waals surface area (Å²) in [4.78, 5) is 0. The third kappa shape index (κ3) is 0.500. The Morgan fingerprint density at radius 1 is 0.286 bits per heavy atom. The molecule has 25 fully saturated rings. The van der Waals surface area contributed by atoms with Crippen LogP contribution in [-0.4, -0.2) is 0 Å². The Balaban J connectivity index is 0.787. The summed E-state index contributed by atoms with van der Waals surface area (Å²) in [5, 5.41) is 0. The molecule has 204 valence electrons. The van der Waals surface area contributed by atoms with Gasteiger partial charge in [0.25, 0.3) is 0 Å². The number of rotatable bonds is 0. The average molecular weight is 541 g/mol. The Labute approximate surface area is 245 Å². The number of hydrogen-bond acceptors (Lipinski definition) is 0. The van der Waals surface area contributed by atoms with Crippen molar-refractivity contribution < 1.29 is 0 Å². The van der Waals surface area contributed by atoms with E-state index in [0.29, 0.717) is 0 Å². The molecule has 0 radical (unpaired) electrons. The van der Waals surface area contributed by atoms with Crippen LogP contribution in [-0.2, 0) is 0 Å². The Kier molecular flexibility index (Phi) is 1.11. The fraction of sp³-hybridized carbons (Fsp3) is 1.00. The van der Waals surface area contributed by atoms with Crippen LogP contribution in [0.3, 0.4) is 0 Å². The summed E-state index contributed by atoms with van der Waals surface area (Å²) in [5.74, 6) is 33.6. The molecule has 37 atom stereocenters. The maximum absolute atomic E-state index is 3.17. The smallest absolute Gasteiger partial charge is 0.00932 e. The molecular weight excluding hydrogens is 504 g/mol. The lowest BCUT2D eigenvalue weighted by molar-refractivity contribution is -0.861. The maximum Gasteiger partial charge on any atom is -0.00932 e. The molecule has 0 N–H and O–H groups in total. The van der Waals surface area contributed by atoms with Gasteiger partial charge in [0, 0.05) is 0 Å². The summed E-state index contributed by atoms with van der Waals surface area (Å²) in [6, 6.07) is 0. The molecule has 0 aliphatic heterocycles. The van der Waals surface area contributed by atoms with E-state index in [1.807, 2.05) is 0 Å². The second-order valence-electron chi connectivity index (χ2n) is 25.6. The highest BCUT2D eigenvalue weighted by molar-refractivity contribution is 5.81. The minimum atomic E-state index is 0.935. The van der Waals surface area contributed by atoms with Crippen LogP contribution in [0.1, 0.15) is 32.6 Å². The van der Waals surface area contributed by atoms with Crippen molar-refractivity contribution in [3.05, 3.63) is 0 Å². The van der Waals surface area contributed by atoms with Gasteiger partial charge in [-0.2, -0.15) is 0 Å². The van der Waals surface area contributed by atoms with E-state index in [0.717, 1.165) is 65.0 Å². The third-order valence-electron chi connectivity index (χ3n) is 32.3. The van der Waals surface area contributed by atoms with Gasteiger partial charge in [0.05, 0.1) is 0 Å². The topological polar surface area (TPSA) is 0 Å². The van der Waals surface area contributed by atoms with Crippen molar-refractivity contribution in [2.75, 3.05) is 0 Å². The number of fused-ring (bicyclic) bond motifs is 21. The summed E-state index contributed by atoms with van der Waals surface area (Å²) in [7, 11) is 0. The quantitative estimate of drug-likeness (QED) is 0.399. The first-order valence-corrected chi connectivity index (χ1v) is 20.7. The summed E-state index contributed by atoms with van der Waals surface area (Å²) in [6.07, 6.45) is 7.00. The van der Waals surface area contributed by atoms with Crippen molar-refractivity contribution in [2.24, 2.45) is 213 Å². The van der Waals surface area contributed by atoms with Crippen molar-refractivity contribution in [3.63, 3.8) is 0 Å². The molecule has 0 heteroatoms. The van der Waals surface area contributed by atoms with E-state index < -0.39 is 0 Å². The second kappa shape index (κ2) is 2.88. The van der Waals surface area contributed by atoms with Gasteiger partial charge >= 0.3 is 0 Å². The number of hydrogen-bond donors (Lipinski definition) is 0. The van der Waals surface area contributed by atoms with Gasteiger partial charge in [-0.3, -0.25) is 0 Å². The Hall–Kier alpha value is 0. The average Bonchev–Trinajstić information content (AvgIpc) is 2.98. The van der Waals surface area contributed by atoms with Gasteiger partial charge in [0.2, 0.25) is 0 Å². The molecule has 0 saturated heterocycles. The lowest BCUT2D eigenvalue weighted by atomic mass is 8.72. The fourth-order valence-electron chi connectivity index (χ4n) is 37.7. The molecule has 0 bridgehead atoms. The lowest BCUT2D eigenvalue weighted by Gasteiger charge is -3.31. The molecule has 25 saturated carbocycles. The fourth-order valence-corrected chi connectivity index (χ4v) is 37.7. The monoisotopic (exact) mass is 540 g/mol. The van der Waals surface area contributed by atoms with E-state index in [1.54, 1.807) is 25.7 Å². The van der Waals surface area contributed by atoms with Crippen LogP contribution >= 0.6 is 0 Å². The predicted octanol–water partition coefficient (Wildman–Crippen LogP) is 5.15. The van der Waals surface area contributed by atoms with Crippen LogP contribution < -0.4 is 0 Å². The highest BCUT2D eigenvalue weighted by atomic mass is 15.4. The van der Waals surface area contributed by atoms with Crippen LogP contribution in [0.4, 0.5) is 0 Å². The molecule has 25 rings (SSSR count). The first-order chi connectivity index (χ1) is 20.7. The van der Waals surface area contributed by atoms with Crippen molar-refractivity contribution >= 4 is 0 Å². The van der Waals surface area contributed by atoms with E-state index in [2.05, 4.69) is 6.92 Å². The van der Waals surface area contributed by atoms with Crippen molar-refractivity contribution in [2.45, 2.75) is 32.6 Å². The first-order valence-electron chi connectivity index (χ1n) is 20.7. The van der Waals surface area contributed by atoms with Crippen LogP contribution in [0.2, 0.25) is 0 Å². The van der Waals surface area contributed by atoms with Crippen molar-refractivity contribution in [1.29, 1.82) is 0 Å². The predicted molar refractivity (Wildman–Crippen MR) is 141 cm³/mol. The lowest BCUT2D eigenvalue weighted by Crippen LogP contribution is -3.29. The van der Waals surface area contributed by atoms with E-state index >= 15 is 0 Å². The first kappa shape index (κ1) is 16.2. The zero-order valence-electron chi connectivity index (χ0n) is 24.3. The van der Waals surface area contributed by atoms with Crippen molar-refractivity contribution in [1.82, 2.24) is 0 Å². The molecule has 42 heavy (non-hydrogen) atoms. The van der Waals surface area contributed by atoms with Crippen molar-refractivity contribution in [3.8, 4) is 0 Å². The van der Waals surface area contributed by atoms with Gasteiger partial charge in [0.15, 0.2) is 0 Å². The highest BCUT2D eigenvalue weighted by Crippen LogP contribution is 3.38. The molecule has 0 aromatic rings. The Morgan fingerprint density at radius 2 is 0.548 bits per heavy atom. The molecule has 37 unspecified atom stereocenters. The molecule has 0 amide bonds. The van der Waals surface area contributed by atoms with Gasteiger partial charge in [-0.1, -0.05) is 6.92 Å². The summed E-state index contributed by atoms with van der Waals surface area (Å²) in [6.45, 7) is 3.17. The summed E-state index contributed by atoms with van der Waals surface area (Å²) >= 11 is 0. The van der Waals surface area contributed by atoms with Crippen LogP contribution in [0.5, 0.6) is 0 Å². The largest absolute Gasteiger partial charge is 0.0582 e. The summed E-state index contributed by atoms with van der Waals surface area (Å²) < 4.78 is 0. The molecule has 11 spiro atoms. The van der Waals surface area contributed by atoms with Gasteiger partial charge in [-0.05, 0) is 239 Å². The molecule has 25 aliphatic rings. The zero-order chi connectivity index (χ0) is 24.3. The van der Waals surface area contributed by atoms with E-state index in [4.69, 9.17) is 0 Å². The van der Waals surface area contributed by atoms with Crippen LogP contribution in [0, 0.1) is 213 Å². The minimum Gasteiger partial charge on any atom is -0.0582 e. The van der Waals surface area contributed by atoms with Gasteiger partial charge in [-0.25, -0.2) is 0 Å². The maximum atomic E-state index is 3.17. The molecular formula is C42H36. The standard InChI is InChI=1S/C42H36/c1-31-16-21-25-17-12-8-2-6-3-9-13-18-26-23(34(21,31)38(25,26)40(17,18)36(12,13)32(6,8)9)24-30-28-20-15-11-5-7-4-10-14-19-27-29-22(16)35(24,31)39(29,30)42(27,28)41(19,20)37(14,15)33(7,10)11/h6-30H,2-5H2,1H3. The molecule has 0 nitrogen and oxygen atoms in total. The third-order valence-corrected chi connectivity index (χ3v) is 32.3.